The summed E-state index contributed by atoms with van der Waals surface area (Å²) >= 11 is 0. The highest BCUT2D eigenvalue weighted by atomic mass is 19.1. The van der Waals surface area contributed by atoms with E-state index in [0.29, 0.717) is 79.9 Å². The molecule has 0 atom stereocenters. The average molecular weight is 1350 g/mol. The molecule has 0 spiro atoms. The number of aromatic nitrogens is 15. The Kier molecular flexibility index (Phi) is 18.9. The standard InChI is InChI=1S/C26H30FN7O.C25H30N8O.C24H30N6O/c1-25(2)11-18(12-26(3,4)33-25)34(5)24-28-14-21(30-32-24)19-7-6-15(10-22(19)35)16-8-17-13-29-31-23(17)20(27)9-16;1-24(2)11-18(12-25(3,4)31-24)32(5)23-27-14-20(29-30-23)19-7-6-17(10-22(19)34)33-21-15-26-9-8-16(21)13-28-33;1-23(2)13-18(14-24(3,4)29-23)30(5)21-15-26-22(28-27-21)19-7-6-17(12-20(19)31)16-8-10-25-11-9-16/h6-10,13-14,18,33,35H,11-12H2,1-5H3,(H,29,31);6-10,13-15,18,31,34H,11-12H2,1-5H3;6-12,15,18,29,31H,13-14H2,1-5H3. The van der Waals surface area contributed by atoms with Gasteiger partial charge in [0.15, 0.2) is 11.6 Å². The van der Waals surface area contributed by atoms with Crippen LogP contribution < -0.4 is 30.7 Å². The van der Waals surface area contributed by atoms with Gasteiger partial charge in [0.2, 0.25) is 11.9 Å². The quantitative estimate of drug-likeness (QED) is 0.0598. The van der Waals surface area contributed by atoms with Gasteiger partial charge in [-0.1, -0.05) is 12.1 Å². The maximum Gasteiger partial charge on any atom is 0.245 e. The lowest BCUT2D eigenvalue weighted by molar-refractivity contribution is 0.160. The Morgan fingerprint density at radius 3 is 1.42 bits per heavy atom. The minimum absolute atomic E-state index is 0.00659. The number of H-pyrrole nitrogens is 1. The third kappa shape index (κ3) is 15.8. The molecule has 24 nitrogen and oxygen atoms in total. The smallest absolute Gasteiger partial charge is 0.245 e. The molecule has 10 heterocycles. The van der Waals surface area contributed by atoms with Crippen molar-refractivity contribution >= 4 is 39.5 Å². The first kappa shape index (κ1) is 69.7. The van der Waals surface area contributed by atoms with Gasteiger partial charge in [0.25, 0.3) is 0 Å². The van der Waals surface area contributed by atoms with Gasteiger partial charge in [-0.2, -0.15) is 10.2 Å². The topological polar surface area (TPSA) is 295 Å². The molecule has 14 rings (SSSR count). The lowest BCUT2D eigenvalue weighted by Crippen LogP contribution is -2.62. The Labute approximate surface area is 582 Å². The van der Waals surface area contributed by atoms with Crippen LogP contribution >= 0.6 is 0 Å². The summed E-state index contributed by atoms with van der Waals surface area (Å²) in [5, 5.41) is 82.0. The number of nitrogens with zero attached hydrogens (tertiary/aromatic N) is 17. The van der Waals surface area contributed by atoms with Crippen LogP contribution in [-0.2, 0) is 0 Å². The van der Waals surface area contributed by atoms with Crippen molar-refractivity contribution in [1.29, 1.82) is 0 Å². The van der Waals surface area contributed by atoms with Gasteiger partial charge in [0.1, 0.15) is 40.0 Å². The third-order valence-corrected chi connectivity index (χ3v) is 19.0. The fraction of sp³-hybridized carbons (Fsp3) is 0.400. The van der Waals surface area contributed by atoms with Crippen LogP contribution in [0.15, 0.2) is 141 Å². The number of benzene rings is 4. The highest BCUT2D eigenvalue weighted by molar-refractivity contribution is 5.86. The van der Waals surface area contributed by atoms with Gasteiger partial charge < -0.3 is 46.0 Å². The molecule has 0 unspecified atom stereocenters. The van der Waals surface area contributed by atoms with Gasteiger partial charge in [0, 0.05) is 119 Å². The van der Waals surface area contributed by atoms with Crippen molar-refractivity contribution in [2.75, 3.05) is 35.8 Å². The summed E-state index contributed by atoms with van der Waals surface area (Å²) in [4.78, 5) is 28.2. The molecule has 0 radical (unpaired) electrons. The number of halogens is 1. The predicted octanol–water partition coefficient (Wildman–Crippen LogP) is 12.4. The van der Waals surface area contributed by atoms with Crippen molar-refractivity contribution in [3.05, 3.63) is 147 Å². The minimum atomic E-state index is -0.395. The van der Waals surface area contributed by atoms with E-state index in [1.54, 1.807) is 84.7 Å². The first-order chi connectivity index (χ1) is 47.3. The van der Waals surface area contributed by atoms with E-state index in [1.165, 1.54) is 6.07 Å². The molecule has 0 amide bonds. The Balaban J connectivity index is 0.000000142. The zero-order chi connectivity index (χ0) is 71.3. The number of hydrogen-bond acceptors (Lipinski definition) is 22. The molecule has 7 N–H and O–H groups in total. The molecule has 11 aromatic rings. The number of piperidine rings is 3. The number of hydrogen-bond donors (Lipinski definition) is 7. The van der Waals surface area contributed by atoms with Crippen LogP contribution in [-0.4, -0.2) is 163 Å². The van der Waals surface area contributed by atoms with Crippen molar-refractivity contribution in [3.8, 4) is 79.1 Å². The molecule has 0 bridgehead atoms. The van der Waals surface area contributed by atoms with Crippen LogP contribution in [0.2, 0.25) is 0 Å². The third-order valence-electron chi connectivity index (χ3n) is 19.0. The van der Waals surface area contributed by atoms with Gasteiger partial charge in [0.05, 0.1) is 53.9 Å². The number of anilines is 3. The van der Waals surface area contributed by atoms with E-state index >= 15 is 0 Å². The van der Waals surface area contributed by atoms with Crippen LogP contribution in [0.5, 0.6) is 17.2 Å². The molecular formula is C75H90FN21O3. The highest BCUT2D eigenvalue weighted by Crippen LogP contribution is 2.39. The fourth-order valence-corrected chi connectivity index (χ4v) is 15.3. The van der Waals surface area contributed by atoms with Gasteiger partial charge in [-0.05, 0) is 211 Å². The molecule has 0 saturated carbocycles. The summed E-state index contributed by atoms with van der Waals surface area (Å²) < 4.78 is 16.1. The van der Waals surface area contributed by atoms with E-state index in [2.05, 4.69) is 192 Å². The first-order valence-corrected chi connectivity index (χ1v) is 33.7. The number of aromatic hydroxyl groups is 3. The molecule has 520 valence electrons. The van der Waals surface area contributed by atoms with Gasteiger partial charge in [-0.15, -0.1) is 30.6 Å². The second kappa shape index (κ2) is 27.1. The summed E-state index contributed by atoms with van der Waals surface area (Å²) in [6, 6.07) is 25.8. The molecule has 25 heteroatoms. The summed E-state index contributed by atoms with van der Waals surface area (Å²) in [6.07, 6.45) is 21.2. The van der Waals surface area contributed by atoms with Crippen LogP contribution in [0.3, 0.4) is 0 Å². The molecule has 3 saturated heterocycles. The van der Waals surface area contributed by atoms with E-state index in [1.807, 2.05) is 68.7 Å². The molecule has 7 aromatic heterocycles. The van der Waals surface area contributed by atoms with Crippen molar-refractivity contribution < 1.29 is 19.7 Å². The Morgan fingerprint density at radius 2 is 0.930 bits per heavy atom. The van der Waals surface area contributed by atoms with Gasteiger partial charge >= 0.3 is 0 Å². The number of nitrogens with one attached hydrogen (secondary N) is 4. The van der Waals surface area contributed by atoms with Crippen LogP contribution in [0, 0.1) is 5.82 Å². The number of rotatable bonds is 12. The number of phenolic OH excluding ortho intramolecular Hbond substituents is 3. The molecule has 3 aliphatic heterocycles. The number of aromatic amines is 1. The van der Waals surface area contributed by atoms with Crippen molar-refractivity contribution in [1.82, 2.24) is 91.4 Å². The summed E-state index contributed by atoms with van der Waals surface area (Å²) in [7, 11) is 6.07. The largest absolute Gasteiger partial charge is 0.507 e. The zero-order valence-corrected chi connectivity index (χ0v) is 59.6. The first-order valence-electron chi connectivity index (χ1n) is 33.7. The SMILES string of the molecule is CN(c1cnc(-c2ccc(-c3ccncc3)cc2O)nn1)C1CC(C)(C)NC(C)(C)C1.CN(c1ncc(-c2ccc(-c3cc(F)c4[nH]ncc4c3)cc2O)nn1)C1CC(C)(C)NC(C)(C)C1.CN(c1ncc(-c2ccc(-n3ncc4ccncc43)cc2O)nn1)C1CC(C)(C)NC(C)(C)C1. The lowest BCUT2D eigenvalue weighted by atomic mass is 9.79. The second-order valence-corrected chi connectivity index (χ2v) is 30.8. The lowest BCUT2D eigenvalue weighted by Gasteiger charge is -2.49. The van der Waals surface area contributed by atoms with Gasteiger partial charge in [-0.3, -0.25) is 15.1 Å². The van der Waals surface area contributed by atoms with E-state index in [-0.39, 0.29) is 56.5 Å². The van der Waals surface area contributed by atoms with Crippen molar-refractivity contribution in [2.24, 2.45) is 0 Å². The van der Waals surface area contributed by atoms with Crippen molar-refractivity contribution in [2.45, 2.75) is 173 Å². The van der Waals surface area contributed by atoms with Crippen LogP contribution in [0.1, 0.15) is 122 Å². The monoisotopic (exact) mass is 1350 g/mol. The van der Waals surface area contributed by atoms with E-state index in [9.17, 15) is 19.7 Å². The van der Waals surface area contributed by atoms with Crippen molar-refractivity contribution in [3.63, 3.8) is 0 Å². The predicted molar refractivity (Wildman–Crippen MR) is 390 cm³/mol. The Morgan fingerprint density at radius 1 is 0.440 bits per heavy atom. The fourth-order valence-electron chi connectivity index (χ4n) is 15.3. The van der Waals surface area contributed by atoms with E-state index in [0.717, 1.165) is 72.1 Å². The average Bonchev–Trinajstić information content (AvgIpc) is 1.10. The zero-order valence-electron chi connectivity index (χ0n) is 59.6. The minimum Gasteiger partial charge on any atom is -0.507 e. The molecule has 4 aromatic carbocycles. The molecule has 100 heavy (non-hydrogen) atoms. The number of pyridine rings is 2. The van der Waals surface area contributed by atoms with E-state index in [4.69, 9.17) is 0 Å². The maximum atomic E-state index is 14.4. The normalized spacial score (nSPS) is 17.7. The Hall–Kier alpha value is -10.2. The van der Waals surface area contributed by atoms with E-state index < -0.39 is 5.82 Å². The summed E-state index contributed by atoms with van der Waals surface area (Å²) in [6.45, 7) is 26.7. The second-order valence-electron chi connectivity index (χ2n) is 30.8. The maximum absolute atomic E-state index is 14.4. The highest BCUT2D eigenvalue weighted by Gasteiger charge is 2.42. The van der Waals surface area contributed by atoms with Crippen LogP contribution in [0.25, 0.3) is 83.6 Å². The van der Waals surface area contributed by atoms with Gasteiger partial charge in [-0.25, -0.2) is 24.0 Å². The van der Waals surface area contributed by atoms with Crippen LogP contribution in [0.4, 0.5) is 22.1 Å². The molecule has 0 aliphatic carbocycles. The number of fused-ring (bicyclic) bond motifs is 2. The number of phenols is 3. The summed E-state index contributed by atoms with van der Waals surface area (Å²) in [5.41, 5.74) is 7.95. The Bertz CT molecular complexity index is 4650. The molecule has 3 fully saturated rings. The summed E-state index contributed by atoms with van der Waals surface area (Å²) in [5.74, 6) is 2.10. The molecule has 3 aliphatic rings. The molecular weight excluding hydrogens is 1260 g/mol.